The number of aryl methyl sites for hydroxylation is 1. The highest BCUT2D eigenvalue weighted by molar-refractivity contribution is 6.12. The van der Waals surface area contributed by atoms with Gasteiger partial charge in [-0.15, -0.1) is 5.10 Å². The van der Waals surface area contributed by atoms with Gasteiger partial charge in [0, 0.05) is 77.7 Å². The van der Waals surface area contributed by atoms with E-state index in [-0.39, 0.29) is 49.9 Å². The molecular formula is C35H55N5O11. The van der Waals surface area contributed by atoms with Crippen LogP contribution in [-0.2, 0) is 60.6 Å². The molecule has 0 radical (unpaired) electrons. The number of aliphatic hydroxyl groups excluding tert-OH is 1. The van der Waals surface area contributed by atoms with E-state index in [1.165, 1.54) is 19.3 Å². The first-order valence-electron chi connectivity index (χ1n) is 17.3. The summed E-state index contributed by atoms with van der Waals surface area (Å²) in [7, 11) is 6.26. The van der Waals surface area contributed by atoms with Crippen molar-refractivity contribution in [2.24, 2.45) is 11.3 Å². The smallest absolute Gasteiger partial charge is 0.256 e. The van der Waals surface area contributed by atoms with Crippen molar-refractivity contribution in [2.75, 3.05) is 41.7 Å². The number of ether oxygens (including phenoxy) is 7. The first-order chi connectivity index (χ1) is 24.2. The fourth-order valence-electron chi connectivity index (χ4n) is 6.80. The zero-order valence-electron chi connectivity index (χ0n) is 31.0. The Labute approximate surface area is 299 Å². The van der Waals surface area contributed by atoms with Gasteiger partial charge in [-0.05, 0) is 13.3 Å². The number of hydrogen-bond donors (Lipinski definition) is 2. The molecule has 2 N–H and O–H groups in total. The number of rotatable bonds is 18. The summed E-state index contributed by atoms with van der Waals surface area (Å²) >= 11 is 0. The number of imide groups is 1. The van der Waals surface area contributed by atoms with Gasteiger partial charge in [-0.25, -0.2) is 0 Å². The molecule has 0 bridgehead atoms. The molecular weight excluding hydrogens is 666 g/mol. The van der Waals surface area contributed by atoms with Gasteiger partial charge in [0.05, 0.1) is 50.4 Å². The Hall–Kier alpha value is -3.09. The van der Waals surface area contributed by atoms with E-state index in [0.29, 0.717) is 38.1 Å². The van der Waals surface area contributed by atoms with Crippen molar-refractivity contribution >= 4 is 17.7 Å². The van der Waals surface area contributed by atoms with Crippen molar-refractivity contribution in [3.63, 3.8) is 0 Å². The lowest BCUT2D eigenvalue weighted by Crippen LogP contribution is -2.62. The van der Waals surface area contributed by atoms with E-state index in [1.54, 1.807) is 32.2 Å². The molecule has 3 aliphatic heterocycles. The normalized spacial score (nSPS) is 29.7. The summed E-state index contributed by atoms with van der Waals surface area (Å²) < 4.78 is 43.4. The Balaban J connectivity index is 1.49. The quantitative estimate of drug-likeness (QED) is 0.0965. The summed E-state index contributed by atoms with van der Waals surface area (Å²) in [6.07, 6.45) is 0.923. The molecule has 4 rings (SSSR count). The summed E-state index contributed by atoms with van der Waals surface area (Å²) in [5, 5.41) is 22.5. The first kappa shape index (κ1) is 40.7. The number of carbonyl (C=O) groups is 3. The van der Waals surface area contributed by atoms with E-state index < -0.39 is 47.4 Å². The molecule has 286 valence electrons. The van der Waals surface area contributed by atoms with Crippen molar-refractivity contribution in [1.29, 1.82) is 0 Å². The van der Waals surface area contributed by atoms with Crippen LogP contribution in [0.1, 0.15) is 59.1 Å². The van der Waals surface area contributed by atoms with E-state index in [4.69, 9.17) is 33.2 Å². The minimum Gasteiger partial charge on any atom is -0.382 e. The van der Waals surface area contributed by atoms with Crippen LogP contribution in [0, 0.1) is 11.3 Å². The van der Waals surface area contributed by atoms with Crippen molar-refractivity contribution in [2.45, 2.75) is 115 Å². The molecule has 3 aliphatic rings. The van der Waals surface area contributed by atoms with Gasteiger partial charge in [0.1, 0.15) is 11.8 Å². The van der Waals surface area contributed by atoms with Gasteiger partial charge in [0.15, 0.2) is 12.3 Å². The summed E-state index contributed by atoms with van der Waals surface area (Å²) in [5.74, 6) is -3.18. The van der Waals surface area contributed by atoms with E-state index >= 15 is 0 Å². The number of nitrogens with one attached hydrogen (secondary N) is 1. The predicted octanol–water partition coefficient (Wildman–Crippen LogP) is 1.51. The van der Waals surface area contributed by atoms with Crippen LogP contribution in [0.5, 0.6) is 0 Å². The second-order valence-electron chi connectivity index (χ2n) is 14.1. The van der Waals surface area contributed by atoms with Crippen LogP contribution in [0.15, 0.2) is 30.5 Å². The molecule has 3 amide bonds. The lowest BCUT2D eigenvalue weighted by atomic mass is 9.74. The van der Waals surface area contributed by atoms with E-state index in [1.807, 2.05) is 13.8 Å². The zero-order valence-corrected chi connectivity index (χ0v) is 31.0. The third-order valence-electron chi connectivity index (χ3n) is 10.4. The summed E-state index contributed by atoms with van der Waals surface area (Å²) in [4.78, 5) is 38.8. The van der Waals surface area contributed by atoms with Crippen molar-refractivity contribution in [3.05, 3.63) is 36.2 Å². The van der Waals surface area contributed by atoms with Gasteiger partial charge < -0.3 is 43.6 Å². The van der Waals surface area contributed by atoms with Gasteiger partial charge in [-0.3, -0.25) is 24.0 Å². The molecule has 0 spiro atoms. The number of hydrogen-bond acceptors (Lipinski definition) is 13. The molecule has 0 saturated carbocycles. The lowest BCUT2D eigenvalue weighted by Gasteiger charge is -2.49. The zero-order chi connectivity index (χ0) is 37.5. The Kier molecular flexibility index (Phi) is 14.1. The van der Waals surface area contributed by atoms with Crippen molar-refractivity contribution < 1.29 is 52.6 Å². The highest BCUT2D eigenvalue weighted by Gasteiger charge is 2.52. The molecule has 0 aromatic carbocycles. The van der Waals surface area contributed by atoms with Gasteiger partial charge in [-0.2, -0.15) is 0 Å². The number of aromatic nitrogens is 3. The van der Waals surface area contributed by atoms with Gasteiger partial charge in [-0.1, -0.05) is 38.1 Å². The lowest BCUT2D eigenvalue weighted by molar-refractivity contribution is -0.298. The van der Waals surface area contributed by atoms with E-state index in [0.717, 1.165) is 10.5 Å². The average Bonchev–Trinajstić information content (AvgIpc) is 3.69. The fraction of sp³-hybridized carbons (Fsp3) is 0.743. The summed E-state index contributed by atoms with van der Waals surface area (Å²) in [6.45, 7) is 13.0. The molecule has 2 fully saturated rings. The van der Waals surface area contributed by atoms with Gasteiger partial charge in [0.2, 0.25) is 5.79 Å². The van der Waals surface area contributed by atoms with E-state index in [2.05, 4.69) is 36.1 Å². The van der Waals surface area contributed by atoms with E-state index in [9.17, 15) is 19.5 Å². The van der Waals surface area contributed by atoms with Crippen LogP contribution < -0.4 is 5.32 Å². The molecule has 1 aromatic heterocycles. The minimum atomic E-state index is -1.72. The Morgan fingerprint density at radius 3 is 2.49 bits per heavy atom. The van der Waals surface area contributed by atoms with Crippen LogP contribution in [0.2, 0.25) is 0 Å². The van der Waals surface area contributed by atoms with Crippen LogP contribution in [-0.4, -0.2) is 133 Å². The molecule has 16 nitrogen and oxygen atoms in total. The average molecular weight is 722 g/mol. The summed E-state index contributed by atoms with van der Waals surface area (Å²) in [5.41, 5.74) is 0.828. The third-order valence-corrected chi connectivity index (χ3v) is 10.4. The Bertz CT molecular complexity index is 1380. The SMILES string of the molecule is C=C1C[C@](OC)([C@H](O)C(=O)N[C@@H](OCCCn2cc(CN3C(=O)C=CC3=O)nn2)[C@@H]2C[C@@H](OC)C(C)(C)[C@@H](C[C@@H](COC)OC)O2)O[C@H](C)[C@@H]1C. The monoisotopic (exact) mass is 721 g/mol. The topological polar surface area (TPSA) is 182 Å². The molecule has 51 heavy (non-hydrogen) atoms. The van der Waals surface area contributed by atoms with Gasteiger partial charge in [0.25, 0.3) is 17.7 Å². The standard InChI is InChI=1S/C35H55N5O11/c1-21-17-35(48-9,51-23(3)22(21)2)31(43)32(44)36-33(26-16-27(47-8)34(4,5)28(50-26)15-25(46-7)20-45-6)49-14-10-13-39-18-24(37-38-39)19-40-29(41)11-12-30(40)42/h11-12,18,22-23,25-28,31,33,43H,1,10,13-17,19-20H2,2-9H3,(H,36,44)/t22-,23-,25+,26+,27-,28-,31-,33+,35-/m1/s1. The van der Waals surface area contributed by atoms with Crippen LogP contribution >= 0.6 is 0 Å². The largest absolute Gasteiger partial charge is 0.382 e. The minimum absolute atomic E-state index is 0.0128. The molecule has 1 aromatic rings. The third kappa shape index (κ3) is 9.48. The predicted molar refractivity (Wildman–Crippen MR) is 182 cm³/mol. The van der Waals surface area contributed by atoms with Crippen LogP contribution in [0.25, 0.3) is 0 Å². The second-order valence-corrected chi connectivity index (χ2v) is 14.1. The Morgan fingerprint density at radius 1 is 1.18 bits per heavy atom. The molecule has 0 aliphatic carbocycles. The van der Waals surface area contributed by atoms with Crippen molar-refractivity contribution in [1.82, 2.24) is 25.2 Å². The fourth-order valence-corrected chi connectivity index (χ4v) is 6.80. The maximum atomic E-state index is 13.8. The molecule has 0 unspecified atom stereocenters. The number of amides is 3. The highest BCUT2D eigenvalue weighted by atomic mass is 16.7. The molecule has 2 saturated heterocycles. The Morgan fingerprint density at radius 2 is 1.88 bits per heavy atom. The molecule has 16 heteroatoms. The number of aliphatic hydroxyl groups is 1. The first-order valence-corrected chi connectivity index (χ1v) is 17.3. The number of carbonyl (C=O) groups excluding carboxylic acids is 3. The number of nitrogens with zero attached hydrogens (tertiary/aromatic N) is 4. The molecule has 9 atom stereocenters. The van der Waals surface area contributed by atoms with Crippen molar-refractivity contribution in [3.8, 4) is 0 Å². The second kappa shape index (κ2) is 17.6. The summed E-state index contributed by atoms with van der Waals surface area (Å²) in [6, 6.07) is 0. The molecule has 4 heterocycles. The van der Waals surface area contributed by atoms with Crippen LogP contribution in [0.4, 0.5) is 0 Å². The van der Waals surface area contributed by atoms with Gasteiger partial charge >= 0.3 is 0 Å². The maximum Gasteiger partial charge on any atom is 0.256 e. The number of methoxy groups -OCH3 is 4. The van der Waals surface area contributed by atoms with Crippen LogP contribution in [0.3, 0.4) is 0 Å². The maximum absolute atomic E-state index is 13.8. The highest BCUT2D eigenvalue weighted by Crippen LogP contribution is 2.42.